The topological polar surface area (TPSA) is 59.1 Å². The fraction of sp³-hybridized carbons (Fsp3) is 0.652. The zero-order chi connectivity index (χ0) is 19.8. The predicted octanol–water partition coefficient (Wildman–Crippen LogP) is 2.86. The van der Waals surface area contributed by atoms with Crippen LogP contribution in [0.2, 0.25) is 0 Å². The van der Waals surface area contributed by atoms with Crippen LogP contribution in [0.1, 0.15) is 55.3 Å². The number of hydrogen-bond acceptors (Lipinski definition) is 4. The molecule has 0 atom stereocenters. The minimum Gasteiger partial charge on any atom is -0.490 e. The number of para-hydroxylation sites is 1. The molecule has 0 bridgehead atoms. The number of benzene rings is 1. The summed E-state index contributed by atoms with van der Waals surface area (Å²) in [5.74, 6) is 1.20. The van der Waals surface area contributed by atoms with Crippen molar-refractivity contribution in [3.8, 4) is 5.75 Å². The summed E-state index contributed by atoms with van der Waals surface area (Å²) in [5, 5.41) is 0. The molecule has 2 saturated carbocycles. The molecule has 6 nitrogen and oxygen atoms in total. The van der Waals surface area contributed by atoms with Gasteiger partial charge in [0.2, 0.25) is 5.91 Å². The van der Waals surface area contributed by atoms with Crippen LogP contribution in [-0.2, 0) is 9.53 Å². The van der Waals surface area contributed by atoms with E-state index in [0.29, 0.717) is 50.1 Å². The van der Waals surface area contributed by atoms with Crippen molar-refractivity contribution in [1.82, 2.24) is 9.80 Å². The Kier molecular flexibility index (Phi) is 4.98. The molecule has 5 rings (SSSR count). The Morgan fingerprint density at radius 3 is 2.45 bits per heavy atom. The Labute approximate surface area is 172 Å². The number of hydrogen-bond donors (Lipinski definition) is 0. The highest BCUT2D eigenvalue weighted by Crippen LogP contribution is 2.39. The third kappa shape index (κ3) is 3.87. The van der Waals surface area contributed by atoms with Crippen molar-refractivity contribution < 1.29 is 19.1 Å². The van der Waals surface area contributed by atoms with Gasteiger partial charge in [0.05, 0.1) is 11.7 Å². The van der Waals surface area contributed by atoms with Crippen LogP contribution in [0.5, 0.6) is 5.75 Å². The van der Waals surface area contributed by atoms with Crippen LogP contribution in [0, 0.1) is 5.92 Å². The second-order valence-corrected chi connectivity index (χ2v) is 8.96. The van der Waals surface area contributed by atoms with Gasteiger partial charge in [0.15, 0.2) is 0 Å². The lowest BCUT2D eigenvalue weighted by atomic mass is 9.84. The maximum Gasteiger partial charge on any atom is 0.257 e. The minimum absolute atomic E-state index is 0.0178. The van der Waals surface area contributed by atoms with Crippen molar-refractivity contribution in [3.63, 3.8) is 0 Å². The molecule has 1 aromatic rings. The van der Waals surface area contributed by atoms with Gasteiger partial charge in [-0.05, 0) is 57.1 Å². The number of amides is 2. The van der Waals surface area contributed by atoms with E-state index < -0.39 is 0 Å². The van der Waals surface area contributed by atoms with Crippen LogP contribution < -0.4 is 4.74 Å². The highest BCUT2D eigenvalue weighted by atomic mass is 16.5. The summed E-state index contributed by atoms with van der Waals surface area (Å²) in [7, 11) is 0. The van der Waals surface area contributed by atoms with Gasteiger partial charge in [0.1, 0.15) is 5.75 Å². The lowest BCUT2D eigenvalue weighted by molar-refractivity contribution is -0.143. The van der Waals surface area contributed by atoms with E-state index in [1.165, 1.54) is 0 Å². The van der Waals surface area contributed by atoms with Crippen molar-refractivity contribution in [2.75, 3.05) is 32.8 Å². The fourth-order valence-electron chi connectivity index (χ4n) is 4.70. The number of rotatable bonds is 4. The second-order valence-electron chi connectivity index (χ2n) is 8.96. The maximum atomic E-state index is 13.4. The second kappa shape index (κ2) is 7.63. The fourth-order valence-corrected chi connectivity index (χ4v) is 4.70. The van der Waals surface area contributed by atoms with Crippen LogP contribution in [0.15, 0.2) is 24.3 Å². The van der Waals surface area contributed by atoms with Crippen molar-refractivity contribution in [2.45, 2.75) is 56.6 Å². The minimum atomic E-state index is -0.156. The molecule has 4 aliphatic rings. The number of carbonyl (C=O) groups excluding carboxylic acids is 2. The summed E-state index contributed by atoms with van der Waals surface area (Å²) < 4.78 is 11.6. The molecule has 2 heterocycles. The van der Waals surface area contributed by atoms with Gasteiger partial charge in [-0.1, -0.05) is 12.1 Å². The summed E-state index contributed by atoms with van der Waals surface area (Å²) in [4.78, 5) is 30.5. The van der Waals surface area contributed by atoms with Crippen molar-refractivity contribution >= 4 is 11.8 Å². The normalized spacial score (nSPS) is 24.3. The monoisotopic (exact) mass is 398 g/mol. The first-order valence-electron chi connectivity index (χ1n) is 11.1. The van der Waals surface area contributed by atoms with E-state index in [1.54, 1.807) is 0 Å². The molecule has 2 aliphatic carbocycles. The quantitative estimate of drug-likeness (QED) is 0.783. The first-order chi connectivity index (χ1) is 14.2. The highest BCUT2D eigenvalue weighted by Gasteiger charge is 2.46. The van der Waals surface area contributed by atoms with E-state index in [4.69, 9.17) is 9.47 Å². The van der Waals surface area contributed by atoms with Gasteiger partial charge in [-0.3, -0.25) is 9.59 Å². The summed E-state index contributed by atoms with van der Waals surface area (Å²) in [6.07, 6.45) is 6.97. The molecule has 2 saturated heterocycles. The first kappa shape index (κ1) is 18.9. The lowest BCUT2D eigenvalue weighted by Gasteiger charge is -2.45. The molecule has 2 amide bonds. The van der Waals surface area contributed by atoms with Crippen molar-refractivity contribution in [1.29, 1.82) is 0 Å². The van der Waals surface area contributed by atoms with Crippen LogP contribution in [0.4, 0.5) is 0 Å². The molecule has 1 aromatic carbocycles. The average Bonchev–Trinajstić information content (AvgIpc) is 3.63. The van der Waals surface area contributed by atoms with Gasteiger partial charge < -0.3 is 19.3 Å². The zero-order valence-corrected chi connectivity index (χ0v) is 17.0. The molecule has 0 unspecified atom stereocenters. The number of ether oxygens (including phenoxy) is 2. The number of carbonyl (C=O) groups is 2. The number of nitrogens with zero attached hydrogens (tertiary/aromatic N) is 2. The molecule has 2 aliphatic heterocycles. The van der Waals surface area contributed by atoms with Gasteiger partial charge in [-0.2, -0.15) is 0 Å². The smallest absolute Gasteiger partial charge is 0.257 e. The van der Waals surface area contributed by atoms with E-state index in [2.05, 4.69) is 4.90 Å². The van der Waals surface area contributed by atoms with Gasteiger partial charge in [-0.15, -0.1) is 0 Å². The van der Waals surface area contributed by atoms with E-state index in [9.17, 15) is 9.59 Å². The molecule has 1 spiro atoms. The SMILES string of the molecule is O=C(c1ccccc1OC1CC1)N1CCN(C(=O)C2CC2)C2(CCOCC2)CC1. The van der Waals surface area contributed by atoms with E-state index in [-0.39, 0.29) is 23.5 Å². The molecular weight excluding hydrogens is 368 g/mol. The first-order valence-corrected chi connectivity index (χ1v) is 11.1. The van der Waals surface area contributed by atoms with E-state index >= 15 is 0 Å². The highest BCUT2D eigenvalue weighted by molar-refractivity contribution is 5.97. The molecule has 0 aromatic heterocycles. The van der Waals surface area contributed by atoms with Crippen molar-refractivity contribution in [2.24, 2.45) is 5.92 Å². The standard InChI is InChI=1S/C23H30N2O4/c26-21(17-5-6-17)25-14-13-24(12-9-23(25)10-15-28-16-11-23)22(27)19-3-1-2-4-20(19)29-18-7-8-18/h1-4,17-18H,5-16H2. The maximum absolute atomic E-state index is 13.4. The summed E-state index contributed by atoms with van der Waals surface area (Å²) in [6.45, 7) is 3.26. The average molecular weight is 399 g/mol. The van der Waals surface area contributed by atoms with E-state index in [1.807, 2.05) is 29.2 Å². The summed E-state index contributed by atoms with van der Waals surface area (Å²) >= 11 is 0. The van der Waals surface area contributed by atoms with Crippen LogP contribution in [0.25, 0.3) is 0 Å². The van der Waals surface area contributed by atoms with Crippen LogP contribution in [0.3, 0.4) is 0 Å². The largest absolute Gasteiger partial charge is 0.490 e. The Bertz CT molecular complexity index is 781. The van der Waals surface area contributed by atoms with Gasteiger partial charge in [0, 0.05) is 44.3 Å². The third-order valence-electron chi connectivity index (χ3n) is 6.85. The third-order valence-corrected chi connectivity index (χ3v) is 6.85. The summed E-state index contributed by atoms with van der Waals surface area (Å²) in [6, 6.07) is 7.58. The molecule has 6 heteroatoms. The van der Waals surface area contributed by atoms with Crippen LogP contribution in [-0.4, -0.2) is 66.1 Å². The van der Waals surface area contributed by atoms with Crippen LogP contribution >= 0.6 is 0 Å². The predicted molar refractivity (Wildman–Crippen MR) is 108 cm³/mol. The molecule has 29 heavy (non-hydrogen) atoms. The Morgan fingerprint density at radius 2 is 1.72 bits per heavy atom. The zero-order valence-electron chi connectivity index (χ0n) is 17.0. The Hall–Kier alpha value is -2.08. The molecule has 0 N–H and O–H groups in total. The van der Waals surface area contributed by atoms with Crippen molar-refractivity contribution in [3.05, 3.63) is 29.8 Å². The molecular formula is C23H30N2O4. The lowest BCUT2D eigenvalue weighted by Crippen LogP contribution is -2.55. The van der Waals surface area contributed by atoms with Gasteiger partial charge in [0.25, 0.3) is 5.91 Å². The Balaban J connectivity index is 1.36. The van der Waals surface area contributed by atoms with E-state index in [0.717, 1.165) is 44.9 Å². The van der Waals surface area contributed by atoms with Gasteiger partial charge >= 0.3 is 0 Å². The van der Waals surface area contributed by atoms with Gasteiger partial charge in [-0.25, -0.2) is 0 Å². The molecule has 156 valence electrons. The summed E-state index contributed by atoms with van der Waals surface area (Å²) in [5.41, 5.74) is 0.485. The Morgan fingerprint density at radius 1 is 0.966 bits per heavy atom. The molecule has 0 radical (unpaired) electrons. The molecule has 4 fully saturated rings.